The molecule has 0 amide bonds. The summed E-state index contributed by atoms with van der Waals surface area (Å²) in [4.78, 5) is 33.4. The largest absolute Gasteiger partial charge is 0.498 e. The fourth-order valence-electron chi connectivity index (χ4n) is 5.31. The van der Waals surface area contributed by atoms with Gasteiger partial charge in [-0.3, -0.25) is 18.6 Å². The Balaban J connectivity index is 4.42. The van der Waals surface area contributed by atoms with Crippen LogP contribution in [-0.4, -0.2) is 53.9 Å². The van der Waals surface area contributed by atoms with E-state index in [0.717, 1.165) is 51.4 Å². The smallest absolute Gasteiger partial charge is 0.472 e. The standard InChI is InChI=1S/C44H76NO9P/c1-3-5-7-9-11-13-15-17-19-21-22-24-26-28-30-32-34-36-43(46)54-41(39-52-55(49,50)53-40-42(45)44(47)48)38-51-37-35-33-31-29-27-25-23-20-18-16-14-12-10-8-6-4-2/h5,7,11,13,17,19,22,24,28,30,35,37,41-42H,3-4,6,8-10,12,14-16,18,20-21,23,25-27,29,31-34,36,38-40,45H2,1-2H3,(H,47,48)(H,49,50)/b7-5-,13-11-,19-17-,24-22-,30-28-,37-35-/t41-,42+/m1/s1. The lowest BCUT2D eigenvalue weighted by molar-refractivity contribution is -0.153. The van der Waals surface area contributed by atoms with Crippen LogP contribution in [0.2, 0.25) is 0 Å². The third-order valence-electron chi connectivity index (χ3n) is 8.56. The lowest BCUT2D eigenvalue weighted by Gasteiger charge is -2.20. The molecule has 316 valence electrons. The highest BCUT2D eigenvalue weighted by Crippen LogP contribution is 2.43. The van der Waals surface area contributed by atoms with Crippen LogP contribution in [0.5, 0.6) is 0 Å². The minimum atomic E-state index is -4.65. The molecule has 0 spiro atoms. The summed E-state index contributed by atoms with van der Waals surface area (Å²) in [5.41, 5.74) is 5.34. The Morgan fingerprint density at radius 1 is 0.600 bits per heavy atom. The van der Waals surface area contributed by atoms with Crippen molar-refractivity contribution in [2.24, 2.45) is 5.73 Å². The second-order valence-electron chi connectivity index (χ2n) is 13.8. The molecule has 0 aliphatic carbocycles. The zero-order valence-corrected chi connectivity index (χ0v) is 35.1. The molecule has 0 saturated heterocycles. The average Bonchev–Trinajstić information content (AvgIpc) is 3.16. The van der Waals surface area contributed by atoms with Crippen LogP contribution in [0.25, 0.3) is 0 Å². The Morgan fingerprint density at radius 3 is 1.56 bits per heavy atom. The highest BCUT2D eigenvalue weighted by molar-refractivity contribution is 7.47. The van der Waals surface area contributed by atoms with E-state index in [0.29, 0.717) is 12.8 Å². The Hall–Kier alpha value is -2.75. The van der Waals surface area contributed by atoms with E-state index in [1.165, 1.54) is 77.0 Å². The highest BCUT2D eigenvalue weighted by atomic mass is 31.2. The van der Waals surface area contributed by atoms with Gasteiger partial charge < -0.3 is 25.2 Å². The molecular formula is C44H76NO9P. The van der Waals surface area contributed by atoms with Gasteiger partial charge in [0, 0.05) is 6.42 Å². The predicted octanol–water partition coefficient (Wildman–Crippen LogP) is 11.8. The van der Waals surface area contributed by atoms with Gasteiger partial charge in [-0.2, -0.15) is 0 Å². The van der Waals surface area contributed by atoms with E-state index in [2.05, 4.69) is 73.1 Å². The van der Waals surface area contributed by atoms with Crippen LogP contribution in [0.4, 0.5) is 0 Å². The zero-order chi connectivity index (χ0) is 40.5. The maximum atomic E-state index is 12.6. The molecule has 4 N–H and O–H groups in total. The van der Waals surface area contributed by atoms with Gasteiger partial charge in [-0.15, -0.1) is 0 Å². The Morgan fingerprint density at radius 2 is 1.05 bits per heavy atom. The van der Waals surface area contributed by atoms with E-state index in [4.69, 9.17) is 24.8 Å². The molecule has 0 bridgehead atoms. The summed E-state index contributed by atoms with van der Waals surface area (Å²) < 4.78 is 33.0. The number of carboxylic acids is 1. The summed E-state index contributed by atoms with van der Waals surface area (Å²) in [6, 6.07) is -1.49. The third kappa shape index (κ3) is 39.3. The predicted molar refractivity (Wildman–Crippen MR) is 226 cm³/mol. The van der Waals surface area contributed by atoms with Crippen molar-refractivity contribution >= 4 is 19.8 Å². The number of ether oxygens (including phenoxy) is 2. The molecule has 0 aromatic carbocycles. The van der Waals surface area contributed by atoms with Gasteiger partial charge in [0.15, 0.2) is 6.10 Å². The van der Waals surface area contributed by atoms with Gasteiger partial charge in [0.1, 0.15) is 12.6 Å². The minimum Gasteiger partial charge on any atom is -0.498 e. The van der Waals surface area contributed by atoms with Crippen LogP contribution >= 0.6 is 7.82 Å². The number of phosphoric acid groups is 1. The van der Waals surface area contributed by atoms with Crippen molar-refractivity contribution in [3.05, 3.63) is 73.1 Å². The maximum Gasteiger partial charge on any atom is 0.472 e. The molecule has 0 rings (SSSR count). The van der Waals surface area contributed by atoms with Crippen molar-refractivity contribution in [3.8, 4) is 0 Å². The molecule has 0 aromatic heterocycles. The van der Waals surface area contributed by atoms with E-state index in [-0.39, 0.29) is 13.0 Å². The number of rotatable bonds is 39. The summed E-state index contributed by atoms with van der Waals surface area (Å²) >= 11 is 0. The number of aliphatic carboxylic acids is 1. The summed E-state index contributed by atoms with van der Waals surface area (Å²) in [7, 11) is -4.65. The van der Waals surface area contributed by atoms with Gasteiger partial charge in [0.2, 0.25) is 0 Å². The minimum absolute atomic E-state index is 0.0929. The van der Waals surface area contributed by atoms with E-state index < -0.39 is 45.1 Å². The number of nitrogens with two attached hydrogens (primary N) is 1. The summed E-state index contributed by atoms with van der Waals surface area (Å²) in [5, 5.41) is 8.88. The van der Waals surface area contributed by atoms with Crippen molar-refractivity contribution in [3.63, 3.8) is 0 Å². The molecule has 3 atom stereocenters. The zero-order valence-electron chi connectivity index (χ0n) is 34.2. The van der Waals surface area contributed by atoms with Crippen molar-refractivity contribution in [1.82, 2.24) is 0 Å². The molecule has 10 nitrogen and oxygen atoms in total. The number of allylic oxidation sites excluding steroid dienone is 11. The van der Waals surface area contributed by atoms with Crippen LogP contribution in [0.15, 0.2) is 73.1 Å². The second kappa shape index (κ2) is 39.5. The SMILES string of the molecule is CC/C=C\C/C=C\C/C=C\C/C=C\C/C=C\CCCC(=O)O[C@H](CO/C=C\CCCCCCCCCCCCCCCC)COP(=O)(O)OC[C@H](N)C(=O)O. The first-order valence-electron chi connectivity index (χ1n) is 21.0. The highest BCUT2D eigenvalue weighted by Gasteiger charge is 2.27. The number of phosphoric ester groups is 1. The topological polar surface area (TPSA) is 155 Å². The van der Waals surface area contributed by atoms with Crippen LogP contribution in [0.1, 0.15) is 162 Å². The first-order chi connectivity index (χ1) is 26.7. The van der Waals surface area contributed by atoms with Crippen LogP contribution in [0, 0.1) is 0 Å². The number of hydrogen-bond donors (Lipinski definition) is 3. The van der Waals surface area contributed by atoms with Gasteiger partial charge in [0.05, 0.1) is 19.5 Å². The monoisotopic (exact) mass is 794 g/mol. The van der Waals surface area contributed by atoms with Crippen LogP contribution in [-0.2, 0) is 32.7 Å². The van der Waals surface area contributed by atoms with Crippen LogP contribution in [0.3, 0.4) is 0 Å². The molecule has 0 aromatic rings. The van der Waals surface area contributed by atoms with E-state index in [1.54, 1.807) is 6.26 Å². The van der Waals surface area contributed by atoms with Crippen molar-refractivity contribution in [2.45, 2.75) is 174 Å². The van der Waals surface area contributed by atoms with Gasteiger partial charge in [-0.05, 0) is 63.9 Å². The number of carboxylic acid groups (broad SMARTS) is 1. The molecule has 0 radical (unpaired) electrons. The summed E-state index contributed by atoms with van der Waals surface area (Å²) in [6.45, 7) is 3.09. The second-order valence-corrected chi connectivity index (χ2v) is 15.3. The van der Waals surface area contributed by atoms with E-state index >= 15 is 0 Å². The van der Waals surface area contributed by atoms with Gasteiger partial charge >= 0.3 is 19.8 Å². The van der Waals surface area contributed by atoms with E-state index in [1.807, 2.05) is 12.2 Å². The van der Waals surface area contributed by atoms with Gasteiger partial charge in [-0.1, -0.05) is 158 Å². The molecular weight excluding hydrogens is 717 g/mol. The molecule has 0 saturated carbocycles. The van der Waals surface area contributed by atoms with Crippen molar-refractivity contribution < 1.29 is 42.7 Å². The summed E-state index contributed by atoms with van der Waals surface area (Å²) in [5.74, 6) is -1.87. The Labute approximate surface area is 334 Å². The van der Waals surface area contributed by atoms with Gasteiger partial charge in [-0.25, -0.2) is 4.57 Å². The fraction of sp³-hybridized carbons (Fsp3) is 0.682. The molecule has 0 fully saturated rings. The molecule has 55 heavy (non-hydrogen) atoms. The van der Waals surface area contributed by atoms with E-state index in [9.17, 15) is 19.0 Å². The van der Waals surface area contributed by atoms with Crippen molar-refractivity contribution in [1.29, 1.82) is 0 Å². The fourth-order valence-corrected chi connectivity index (χ4v) is 6.09. The van der Waals surface area contributed by atoms with Crippen LogP contribution < -0.4 is 5.73 Å². The quantitative estimate of drug-likeness (QED) is 0.0180. The Bertz CT molecular complexity index is 1150. The Kier molecular flexibility index (Phi) is 37.5. The van der Waals surface area contributed by atoms with Gasteiger partial charge in [0.25, 0.3) is 0 Å². The average molecular weight is 794 g/mol. The summed E-state index contributed by atoms with van der Waals surface area (Å²) in [6.07, 6.45) is 49.1. The van der Waals surface area contributed by atoms with Crippen molar-refractivity contribution in [2.75, 3.05) is 19.8 Å². The molecule has 0 aliphatic heterocycles. The normalized spacial score (nSPS) is 14.6. The lowest BCUT2D eigenvalue weighted by atomic mass is 10.0. The lowest BCUT2D eigenvalue weighted by Crippen LogP contribution is -2.34. The number of esters is 1. The third-order valence-corrected chi connectivity index (χ3v) is 9.52. The first-order valence-corrected chi connectivity index (χ1v) is 22.5. The maximum absolute atomic E-state index is 12.6. The number of hydrogen-bond acceptors (Lipinski definition) is 8. The number of unbranched alkanes of at least 4 members (excludes halogenated alkanes) is 15. The molecule has 1 unspecified atom stereocenters. The molecule has 0 heterocycles. The number of carbonyl (C=O) groups excluding carboxylic acids is 1. The molecule has 11 heteroatoms. The number of carbonyl (C=O) groups is 2. The molecule has 0 aliphatic rings. The first kappa shape index (κ1) is 52.2.